The van der Waals surface area contributed by atoms with Crippen molar-refractivity contribution in [1.29, 1.82) is 0 Å². The highest BCUT2D eigenvalue weighted by molar-refractivity contribution is 14.1. The maximum absolute atomic E-state index is 5.98. The minimum Gasteiger partial charge on any atom is -0.369 e. The Balaban J connectivity index is 2.08. The molecule has 3 rings (SSSR count). The predicted octanol–water partition coefficient (Wildman–Crippen LogP) is 3.04. The van der Waals surface area contributed by atoms with E-state index in [0.717, 1.165) is 19.6 Å². The van der Waals surface area contributed by atoms with Gasteiger partial charge in [0.1, 0.15) is 5.01 Å². The molecule has 0 bridgehead atoms. The first-order chi connectivity index (χ1) is 8.63. The molecule has 0 aliphatic heterocycles. The number of nitrogen functional groups attached to an aromatic ring is 1. The van der Waals surface area contributed by atoms with Crippen LogP contribution >= 0.6 is 33.9 Å². The van der Waals surface area contributed by atoms with Crippen LogP contribution in [0.1, 0.15) is 9.88 Å². The van der Waals surface area contributed by atoms with E-state index >= 15 is 0 Å². The van der Waals surface area contributed by atoms with Gasteiger partial charge in [-0.25, -0.2) is 9.97 Å². The lowest BCUT2D eigenvalue weighted by molar-refractivity contribution is 0.829. The number of nitrogens with zero attached hydrogens (tertiary/aromatic N) is 3. The first-order valence-corrected chi connectivity index (χ1v) is 7.35. The molecule has 0 saturated carbocycles. The number of aromatic nitrogens is 3. The van der Waals surface area contributed by atoms with Crippen LogP contribution in [0.3, 0.4) is 0 Å². The van der Waals surface area contributed by atoms with Crippen molar-refractivity contribution in [2.75, 3.05) is 5.73 Å². The summed E-state index contributed by atoms with van der Waals surface area (Å²) in [5.74, 6) is 0.542. The highest BCUT2D eigenvalue weighted by atomic mass is 127. The number of benzene rings is 1. The molecule has 0 aliphatic carbocycles. The third kappa shape index (κ3) is 2.10. The van der Waals surface area contributed by atoms with Crippen molar-refractivity contribution in [3.05, 3.63) is 37.9 Å². The summed E-state index contributed by atoms with van der Waals surface area (Å²) >= 11 is 3.97. The van der Waals surface area contributed by atoms with Crippen molar-refractivity contribution >= 4 is 50.9 Å². The Kier molecular flexibility index (Phi) is 2.98. The molecule has 92 valence electrons. The van der Waals surface area contributed by atoms with Crippen LogP contribution in [0.5, 0.6) is 0 Å². The molecule has 0 aliphatic rings. The van der Waals surface area contributed by atoms with Crippen molar-refractivity contribution in [1.82, 2.24) is 14.5 Å². The predicted molar refractivity (Wildman–Crippen MR) is 82.8 cm³/mol. The lowest BCUT2D eigenvalue weighted by Gasteiger charge is -2.03. The lowest BCUT2D eigenvalue weighted by Crippen LogP contribution is -2.04. The number of aryl methyl sites for hydroxylation is 1. The number of hydrogen-bond donors (Lipinski definition) is 1. The highest BCUT2D eigenvalue weighted by Gasteiger charge is 2.10. The molecule has 2 N–H and O–H groups in total. The maximum Gasteiger partial charge on any atom is 0.201 e. The molecule has 4 nitrogen and oxygen atoms in total. The van der Waals surface area contributed by atoms with Gasteiger partial charge in [0.05, 0.1) is 17.6 Å². The van der Waals surface area contributed by atoms with Gasteiger partial charge in [-0.15, -0.1) is 11.3 Å². The zero-order chi connectivity index (χ0) is 12.7. The first kappa shape index (κ1) is 11.9. The highest BCUT2D eigenvalue weighted by Crippen LogP contribution is 2.22. The lowest BCUT2D eigenvalue weighted by atomic mass is 10.3. The molecule has 0 fully saturated rings. The fourth-order valence-corrected chi connectivity index (χ4v) is 3.15. The van der Waals surface area contributed by atoms with Crippen LogP contribution in [-0.2, 0) is 6.54 Å². The van der Waals surface area contributed by atoms with Crippen LogP contribution in [0.2, 0.25) is 0 Å². The van der Waals surface area contributed by atoms with Gasteiger partial charge in [0.2, 0.25) is 5.95 Å². The molecular weight excluding hydrogens is 359 g/mol. The molecule has 1 aromatic carbocycles. The summed E-state index contributed by atoms with van der Waals surface area (Å²) in [5, 5.41) is 1.05. The SMILES string of the molecule is Cc1cnc(Cn2c(N)nc3cc(I)ccc32)s1. The molecule has 6 heteroatoms. The second-order valence-corrected chi connectivity index (χ2v) is 6.62. The molecule has 0 spiro atoms. The quantitative estimate of drug-likeness (QED) is 0.706. The van der Waals surface area contributed by atoms with Crippen molar-refractivity contribution < 1.29 is 0 Å². The number of imidazole rings is 1. The number of rotatable bonds is 2. The topological polar surface area (TPSA) is 56.7 Å². The maximum atomic E-state index is 5.98. The number of nitrogens with two attached hydrogens (primary N) is 1. The van der Waals surface area contributed by atoms with E-state index in [1.54, 1.807) is 11.3 Å². The first-order valence-electron chi connectivity index (χ1n) is 5.46. The zero-order valence-electron chi connectivity index (χ0n) is 9.72. The fourth-order valence-electron chi connectivity index (χ4n) is 1.90. The summed E-state index contributed by atoms with van der Waals surface area (Å²) in [6.45, 7) is 2.74. The molecule has 0 unspecified atom stereocenters. The zero-order valence-corrected chi connectivity index (χ0v) is 12.7. The third-order valence-electron chi connectivity index (χ3n) is 2.70. The standard InChI is InChI=1S/C12H11IN4S/c1-7-5-15-11(18-7)6-17-10-3-2-8(13)4-9(10)16-12(17)14/h2-5H,6H2,1H3,(H2,14,16). The molecular formula is C12H11IN4S. The van der Waals surface area contributed by atoms with Gasteiger partial charge in [-0.1, -0.05) is 0 Å². The van der Waals surface area contributed by atoms with Crippen molar-refractivity contribution in [3.8, 4) is 0 Å². The van der Waals surface area contributed by atoms with E-state index < -0.39 is 0 Å². The number of hydrogen-bond acceptors (Lipinski definition) is 4. The van der Waals surface area contributed by atoms with E-state index in [0.29, 0.717) is 12.5 Å². The summed E-state index contributed by atoms with van der Waals surface area (Å²) in [4.78, 5) is 9.97. The molecule has 0 atom stereocenters. The number of anilines is 1. The minimum absolute atomic E-state index is 0.542. The number of thiazole rings is 1. The Morgan fingerprint density at radius 3 is 3.00 bits per heavy atom. The van der Waals surface area contributed by atoms with Gasteiger partial charge in [0.25, 0.3) is 0 Å². The molecule has 3 aromatic rings. The van der Waals surface area contributed by atoms with Gasteiger partial charge in [0.15, 0.2) is 0 Å². The van der Waals surface area contributed by atoms with Gasteiger partial charge in [-0.05, 0) is 47.7 Å². The Labute approximate surface area is 122 Å². The second-order valence-electron chi connectivity index (χ2n) is 4.05. The monoisotopic (exact) mass is 370 g/mol. The summed E-state index contributed by atoms with van der Waals surface area (Å²) in [6, 6.07) is 6.16. The van der Waals surface area contributed by atoms with E-state index in [1.807, 2.05) is 16.8 Å². The Morgan fingerprint density at radius 2 is 2.28 bits per heavy atom. The van der Waals surface area contributed by atoms with Gasteiger partial charge < -0.3 is 10.3 Å². The van der Waals surface area contributed by atoms with Crippen LogP contribution in [0.15, 0.2) is 24.4 Å². The largest absolute Gasteiger partial charge is 0.369 e. The van der Waals surface area contributed by atoms with Crippen LogP contribution in [0.25, 0.3) is 11.0 Å². The average Bonchev–Trinajstić information content (AvgIpc) is 2.84. The van der Waals surface area contributed by atoms with Gasteiger partial charge in [-0.2, -0.15) is 0 Å². The molecule has 2 aromatic heterocycles. The molecule has 18 heavy (non-hydrogen) atoms. The minimum atomic E-state index is 0.542. The van der Waals surface area contributed by atoms with E-state index in [4.69, 9.17) is 5.73 Å². The Morgan fingerprint density at radius 1 is 1.44 bits per heavy atom. The normalized spacial score (nSPS) is 11.2. The second kappa shape index (κ2) is 4.51. The van der Waals surface area contributed by atoms with Crippen LogP contribution in [-0.4, -0.2) is 14.5 Å². The Bertz CT molecular complexity index is 716. The molecule has 0 amide bonds. The van der Waals surface area contributed by atoms with Gasteiger partial charge in [-0.3, -0.25) is 0 Å². The van der Waals surface area contributed by atoms with Gasteiger partial charge in [0, 0.05) is 14.6 Å². The van der Waals surface area contributed by atoms with Crippen LogP contribution in [0, 0.1) is 10.5 Å². The third-order valence-corrected chi connectivity index (χ3v) is 4.27. The van der Waals surface area contributed by atoms with Gasteiger partial charge >= 0.3 is 0 Å². The Hall–Kier alpha value is -1.15. The summed E-state index contributed by atoms with van der Waals surface area (Å²) < 4.78 is 3.17. The molecule has 0 radical (unpaired) electrons. The van der Waals surface area contributed by atoms with Crippen molar-refractivity contribution in [2.24, 2.45) is 0 Å². The average molecular weight is 370 g/mol. The van der Waals surface area contributed by atoms with E-state index in [9.17, 15) is 0 Å². The molecule has 0 saturated heterocycles. The fraction of sp³-hybridized carbons (Fsp3) is 0.167. The van der Waals surface area contributed by atoms with E-state index in [1.165, 1.54) is 4.88 Å². The number of fused-ring (bicyclic) bond motifs is 1. The van der Waals surface area contributed by atoms with Crippen LogP contribution < -0.4 is 5.73 Å². The van der Waals surface area contributed by atoms with Crippen LogP contribution in [0.4, 0.5) is 5.95 Å². The number of halogens is 1. The van der Waals surface area contributed by atoms with Crippen molar-refractivity contribution in [2.45, 2.75) is 13.5 Å². The smallest absolute Gasteiger partial charge is 0.201 e. The van der Waals surface area contributed by atoms with E-state index in [-0.39, 0.29) is 0 Å². The summed E-state index contributed by atoms with van der Waals surface area (Å²) in [7, 11) is 0. The molecule has 2 heterocycles. The van der Waals surface area contributed by atoms with Crippen molar-refractivity contribution in [3.63, 3.8) is 0 Å². The van der Waals surface area contributed by atoms with E-state index in [2.05, 4.69) is 51.6 Å². The summed E-state index contributed by atoms with van der Waals surface area (Å²) in [5.41, 5.74) is 7.98. The summed E-state index contributed by atoms with van der Waals surface area (Å²) in [6.07, 6.45) is 1.89.